The lowest BCUT2D eigenvalue weighted by atomic mass is 10.2. The minimum atomic E-state index is -1.07. The zero-order valence-corrected chi connectivity index (χ0v) is 11.7. The topological polar surface area (TPSA) is 89.7 Å². The molecule has 0 saturated heterocycles. The molecule has 0 aliphatic rings. The third-order valence-corrected chi connectivity index (χ3v) is 3.43. The van der Waals surface area contributed by atoms with Crippen molar-refractivity contribution in [3.63, 3.8) is 0 Å². The molecule has 0 heterocycles. The van der Waals surface area contributed by atoms with Gasteiger partial charge in [0.2, 0.25) is 0 Å². The highest BCUT2D eigenvalue weighted by Gasteiger charge is 2.29. The molecule has 7 heteroatoms. The number of carboxylic acids is 1. The highest BCUT2D eigenvalue weighted by atomic mass is 32.2. The zero-order chi connectivity index (χ0) is 14.6. The van der Waals surface area contributed by atoms with E-state index in [1.54, 1.807) is 26.8 Å². The quantitative estimate of drug-likeness (QED) is 0.491. The monoisotopic (exact) mass is 285 g/mol. The van der Waals surface area contributed by atoms with Crippen LogP contribution < -0.4 is 4.74 Å². The first-order chi connectivity index (χ1) is 8.76. The van der Waals surface area contributed by atoms with Crippen LogP contribution in [0.2, 0.25) is 0 Å². The molecule has 0 bridgehead atoms. The SMILES string of the molecule is CCOc1cc(SC(C)(C)C(=O)O)cc([N+](=O)[O-])c1. The van der Waals surface area contributed by atoms with Crippen LogP contribution >= 0.6 is 11.8 Å². The van der Waals surface area contributed by atoms with E-state index in [1.807, 2.05) is 0 Å². The molecule has 0 amide bonds. The summed E-state index contributed by atoms with van der Waals surface area (Å²) < 4.78 is 4.18. The van der Waals surface area contributed by atoms with Crippen LogP contribution in [0.25, 0.3) is 0 Å². The molecule has 0 aliphatic heterocycles. The first-order valence-electron chi connectivity index (χ1n) is 5.61. The van der Waals surface area contributed by atoms with Crippen LogP contribution in [0.3, 0.4) is 0 Å². The van der Waals surface area contributed by atoms with Gasteiger partial charge in [0.05, 0.1) is 17.6 Å². The van der Waals surface area contributed by atoms with Crippen molar-refractivity contribution in [3.05, 3.63) is 28.3 Å². The highest BCUT2D eigenvalue weighted by molar-refractivity contribution is 8.01. The van der Waals surface area contributed by atoms with Gasteiger partial charge in [-0.2, -0.15) is 0 Å². The van der Waals surface area contributed by atoms with E-state index in [1.165, 1.54) is 12.1 Å². The van der Waals surface area contributed by atoms with Crippen LogP contribution in [0.15, 0.2) is 23.1 Å². The first-order valence-corrected chi connectivity index (χ1v) is 6.42. The highest BCUT2D eigenvalue weighted by Crippen LogP contribution is 2.36. The molecule has 6 nitrogen and oxygen atoms in total. The number of rotatable bonds is 6. The Bertz CT molecular complexity index is 501. The normalized spacial score (nSPS) is 11.1. The maximum Gasteiger partial charge on any atom is 0.319 e. The van der Waals surface area contributed by atoms with E-state index in [0.29, 0.717) is 17.3 Å². The molecule has 0 aliphatic carbocycles. The zero-order valence-electron chi connectivity index (χ0n) is 10.9. The van der Waals surface area contributed by atoms with Crippen molar-refractivity contribution >= 4 is 23.4 Å². The van der Waals surface area contributed by atoms with Crippen molar-refractivity contribution in [1.82, 2.24) is 0 Å². The van der Waals surface area contributed by atoms with Gasteiger partial charge in [-0.15, -0.1) is 11.8 Å². The summed E-state index contributed by atoms with van der Waals surface area (Å²) in [6, 6.07) is 4.27. The van der Waals surface area contributed by atoms with E-state index >= 15 is 0 Å². The number of ether oxygens (including phenoxy) is 1. The predicted molar refractivity (Wildman–Crippen MR) is 71.8 cm³/mol. The van der Waals surface area contributed by atoms with E-state index in [0.717, 1.165) is 11.8 Å². The fourth-order valence-electron chi connectivity index (χ4n) is 1.31. The number of hydrogen-bond donors (Lipinski definition) is 1. The first kappa shape index (κ1) is 15.3. The largest absolute Gasteiger partial charge is 0.494 e. The van der Waals surface area contributed by atoms with Gasteiger partial charge in [0, 0.05) is 11.0 Å². The Balaban J connectivity index is 3.12. The number of carboxylic acid groups (broad SMARTS) is 1. The lowest BCUT2D eigenvalue weighted by molar-refractivity contribution is -0.385. The number of aliphatic carboxylic acids is 1. The minimum absolute atomic E-state index is 0.116. The lowest BCUT2D eigenvalue weighted by Crippen LogP contribution is -2.26. The maximum atomic E-state index is 11.1. The molecular formula is C12H15NO5S. The molecule has 19 heavy (non-hydrogen) atoms. The summed E-state index contributed by atoms with van der Waals surface area (Å²) in [7, 11) is 0. The Kier molecular flexibility index (Phi) is 4.77. The molecule has 1 rings (SSSR count). The predicted octanol–water partition coefficient (Wildman–Crippen LogP) is 2.95. The molecule has 1 N–H and O–H groups in total. The van der Waals surface area contributed by atoms with Gasteiger partial charge < -0.3 is 9.84 Å². The minimum Gasteiger partial charge on any atom is -0.494 e. The van der Waals surface area contributed by atoms with Crippen LogP contribution in [-0.4, -0.2) is 27.4 Å². The molecule has 0 fully saturated rings. The average Bonchev–Trinajstić information content (AvgIpc) is 2.28. The van der Waals surface area contributed by atoms with Gasteiger partial charge >= 0.3 is 5.97 Å². The molecule has 1 aromatic carbocycles. The number of benzene rings is 1. The Labute approximate surface area is 114 Å². The van der Waals surface area contributed by atoms with E-state index < -0.39 is 15.6 Å². The average molecular weight is 285 g/mol. The molecule has 0 aromatic heterocycles. The fourth-order valence-corrected chi connectivity index (χ4v) is 2.34. The second kappa shape index (κ2) is 5.92. The van der Waals surface area contributed by atoms with E-state index in [2.05, 4.69) is 0 Å². The van der Waals surface area contributed by atoms with Gasteiger partial charge in [0.15, 0.2) is 0 Å². The summed E-state index contributed by atoms with van der Waals surface area (Å²) in [5.74, 6) is -0.623. The number of carbonyl (C=O) groups is 1. The number of hydrogen-bond acceptors (Lipinski definition) is 5. The van der Waals surface area contributed by atoms with Crippen molar-refractivity contribution in [3.8, 4) is 5.75 Å². The molecule has 0 unspecified atom stereocenters. The summed E-state index contributed by atoms with van der Waals surface area (Å²) in [6.45, 7) is 5.23. The van der Waals surface area contributed by atoms with Crippen molar-refractivity contribution in [2.45, 2.75) is 30.4 Å². The Morgan fingerprint density at radius 1 is 1.47 bits per heavy atom. The van der Waals surface area contributed by atoms with E-state index in [4.69, 9.17) is 9.84 Å². The summed E-state index contributed by atoms with van der Waals surface area (Å²) in [5, 5.41) is 19.9. The van der Waals surface area contributed by atoms with Gasteiger partial charge in [-0.1, -0.05) is 0 Å². The van der Waals surface area contributed by atoms with Gasteiger partial charge in [0.1, 0.15) is 10.5 Å². The number of non-ortho nitro benzene ring substituents is 1. The molecular weight excluding hydrogens is 270 g/mol. The molecule has 0 spiro atoms. The van der Waals surface area contributed by atoms with Crippen molar-refractivity contribution in [2.75, 3.05) is 6.61 Å². The van der Waals surface area contributed by atoms with Crippen LogP contribution in [-0.2, 0) is 4.79 Å². The second-order valence-corrected chi connectivity index (χ2v) is 5.97. The molecule has 1 aromatic rings. The third-order valence-electron chi connectivity index (χ3n) is 2.27. The van der Waals surface area contributed by atoms with Gasteiger partial charge in [-0.3, -0.25) is 14.9 Å². The van der Waals surface area contributed by atoms with Crippen molar-refractivity contribution < 1.29 is 19.6 Å². The number of thioether (sulfide) groups is 1. The molecule has 0 saturated carbocycles. The Morgan fingerprint density at radius 2 is 2.11 bits per heavy atom. The van der Waals surface area contributed by atoms with Crippen molar-refractivity contribution in [2.24, 2.45) is 0 Å². The smallest absolute Gasteiger partial charge is 0.319 e. The van der Waals surface area contributed by atoms with Gasteiger partial charge in [0.25, 0.3) is 5.69 Å². The van der Waals surface area contributed by atoms with Crippen molar-refractivity contribution in [1.29, 1.82) is 0 Å². The number of nitro groups is 1. The Hall–Kier alpha value is -1.76. The van der Waals surface area contributed by atoms with Gasteiger partial charge in [-0.25, -0.2) is 0 Å². The lowest BCUT2D eigenvalue weighted by Gasteiger charge is -2.18. The summed E-state index contributed by atoms with van der Waals surface area (Å²) in [6.07, 6.45) is 0. The third kappa shape index (κ3) is 4.13. The molecule has 0 radical (unpaired) electrons. The second-order valence-electron chi connectivity index (χ2n) is 4.27. The van der Waals surface area contributed by atoms with E-state index in [9.17, 15) is 14.9 Å². The molecule has 104 valence electrons. The number of nitrogens with zero attached hydrogens (tertiary/aromatic N) is 1. The van der Waals surface area contributed by atoms with E-state index in [-0.39, 0.29) is 5.69 Å². The van der Waals surface area contributed by atoms with Crippen LogP contribution in [0.4, 0.5) is 5.69 Å². The van der Waals surface area contributed by atoms with Crippen LogP contribution in [0.5, 0.6) is 5.75 Å². The molecule has 0 atom stereocenters. The summed E-state index contributed by atoms with van der Waals surface area (Å²) in [4.78, 5) is 21.9. The standard InChI is InChI=1S/C12H15NO5S/c1-4-18-9-5-8(13(16)17)6-10(7-9)19-12(2,3)11(14)15/h5-7H,4H2,1-3H3,(H,14,15). The summed E-state index contributed by atoms with van der Waals surface area (Å²) >= 11 is 1.04. The number of nitro benzene ring substituents is 1. The van der Waals surface area contributed by atoms with Crippen LogP contribution in [0.1, 0.15) is 20.8 Å². The fraction of sp³-hybridized carbons (Fsp3) is 0.417. The maximum absolute atomic E-state index is 11.1. The van der Waals surface area contributed by atoms with Gasteiger partial charge in [-0.05, 0) is 26.8 Å². The summed E-state index contributed by atoms with van der Waals surface area (Å²) in [5.41, 5.74) is -0.116. The Morgan fingerprint density at radius 3 is 2.58 bits per heavy atom. The van der Waals surface area contributed by atoms with Crippen LogP contribution in [0, 0.1) is 10.1 Å².